The van der Waals surface area contributed by atoms with Gasteiger partial charge in [-0.1, -0.05) is 54.6 Å². The summed E-state index contributed by atoms with van der Waals surface area (Å²) in [5, 5.41) is 2.75. The fourth-order valence-electron chi connectivity index (χ4n) is 3.27. The van der Waals surface area contributed by atoms with Crippen molar-refractivity contribution in [3.05, 3.63) is 72.3 Å². The molecule has 0 heterocycles. The molecule has 0 saturated carbocycles. The number of hydrogen-bond acceptors (Lipinski definition) is 4. The molecule has 136 valence electrons. The third-order valence-corrected chi connectivity index (χ3v) is 4.50. The Morgan fingerprint density at radius 1 is 1.15 bits per heavy atom. The number of alkyl carbamates (subject to hydrolysis) is 1. The van der Waals surface area contributed by atoms with Crippen molar-refractivity contribution >= 4 is 6.09 Å². The minimum Gasteiger partial charge on any atom is -0.449 e. The van der Waals surface area contributed by atoms with Crippen LogP contribution in [0.3, 0.4) is 0 Å². The second-order valence-electron chi connectivity index (χ2n) is 6.23. The number of hydrogen-bond donors (Lipinski definition) is 2. The van der Waals surface area contributed by atoms with Gasteiger partial charge in [0.05, 0.1) is 19.3 Å². The first-order chi connectivity index (χ1) is 12.7. The Kier molecular flexibility index (Phi) is 6.04. The summed E-state index contributed by atoms with van der Waals surface area (Å²) in [6, 6.07) is 16.2. The Morgan fingerprint density at radius 3 is 2.35 bits per heavy atom. The summed E-state index contributed by atoms with van der Waals surface area (Å²) in [5.41, 5.74) is 10.5. The number of nitrogens with two attached hydrogens (primary N) is 1. The predicted octanol–water partition coefficient (Wildman–Crippen LogP) is 3.06. The van der Waals surface area contributed by atoms with Crippen LogP contribution in [-0.2, 0) is 9.47 Å². The number of nitrogens with one attached hydrogen (secondary N) is 1. The largest absolute Gasteiger partial charge is 0.449 e. The van der Waals surface area contributed by atoms with Gasteiger partial charge in [-0.2, -0.15) is 0 Å². The van der Waals surface area contributed by atoms with E-state index in [-0.39, 0.29) is 25.1 Å². The summed E-state index contributed by atoms with van der Waals surface area (Å²) < 4.78 is 10.8. The van der Waals surface area contributed by atoms with Crippen LogP contribution in [0.1, 0.15) is 17.0 Å². The molecule has 3 N–H and O–H groups in total. The fraction of sp³-hybridized carbons (Fsp3) is 0.286. The summed E-state index contributed by atoms with van der Waals surface area (Å²) in [6.45, 7) is 4.89. The first kappa shape index (κ1) is 18.2. The number of carbonyl (C=O) groups excluding carboxylic acids is 1. The second-order valence-corrected chi connectivity index (χ2v) is 6.23. The first-order valence-corrected chi connectivity index (χ1v) is 8.74. The lowest BCUT2D eigenvalue weighted by atomic mass is 9.98. The zero-order valence-corrected chi connectivity index (χ0v) is 14.7. The molecular weight excluding hydrogens is 328 g/mol. The molecule has 3 rings (SSSR count). The average molecular weight is 352 g/mol. The highest BCUT2D eigenvalue weighted by Gasteiger charge is 2.29. The third-order valence-electron chi connectivity index (χ3n) is 4.50. The molecule has 5 nitrogen and oxygen atoms in total. The van der Waals surface area contributed by atoms with Crippen LogP contribution in [0.25, 0.3) is 11.1 Å². The average Bonchev–Trinajstić information content (AvgIpc) is 2.99. The Hall–Kier alpha value is -2.63. The highest BCUT2D eigenvalue weighted by Crippen LogP contribution is 2.44. The Labute approximate surface area is 153 Å². The van der Waals surface area contributed by atoms with E-state index in [9.17, 15) is 4.79 Å². The van der Waals surface area contributed by atoms with Crippen LogP contribution in [-0.4, -0.2) is 38.5 Å². The minimum atomic E-state index is -0.482. The van der Waals surface area contributed by atoms with Crippen LogP contribution in [0.5, 0.6) is 0 Å². The van der Waals surface area contributed by atoms with E-state index in [0.29, 0.717) is 13.2 Å². The molecule has 0 aliphatic heterocycles. The molecule has 1 amide bonds. The van der Waals surface area contributed by atoms with Crippen molar-refractivity contribution in [1.29, 1.82) is 0 Å². The lowest BCUT2D eigenvalue weighted by molar-refractivity contribution is 0.114. The van der Waals surface area contributed by atoms with E-state index in [4.69, 9.17) is 15.2 Å². The number of benzene rings is 2. The molecule has 2 aromatic carbocycles. The standard InChI is InChI=1S/C21H24N2O3/c1-2-11-25-13-15(12-22)23-21(24)26-14-20-18-9-5-3-7-16(18)17-8-4-6-10-19(17)20/h2-10,15,20H,1,11-14,22H2,(H,23,24)/t15-/m0/s1. The minimum absolute atomic E-state index is 0.0430. The maximum atomic E-state index is 12.2. The van der Waals surface area contributed by atoms with Gasteiger partial charge in [0, 0.05) is 12.5 Å². The summed E-state index contributed by atoms with van der Waals surface area (Å²) in [4.78, 5) is 12.2. The Morgan fingerprint density at radius 2 is 1.77 bits per heavy atom. The van der Waals surface area contributed by atoms with Crippen LogP contribution in [0.4, 0.5) is 4.79 Å². The smallest absolute Gasteiger partial charge is 0.407 e. The van der Waals surface area contributed by atoms with Gasteiger partial charge in [0.2, 0.25) is 0 Å². The lowest BCUT2D eigenvalue weighted by Crippen LogP contribution is -2.43. The monoisotopic (exact) mass is 352 g/mol. The maximum absolute atomic E-state index is 12.2. The van der Waals surface area contributed by atoms with E-state index in [1.54, 1.807) is 6.08 Å². The van der Waals surface area contributed by atoms with Gasteiger partial charge in [-0.3, -0.25) is 0 Å². The number of ether oxygens (including phenoxy) is 2. The molecule has 0 radical (unpaired) electrons. The van der Waals surface area contributed by atoms with E-state index in [2.05, 4.69) is 36.2 Å². The first-order valence-electron chi connectivity index (χ1n) is 8.74. The van der Waals surface area contributed by atoms with Gasteiger partial charge in [0.15, 0.2) is 0 Å². The summed E-state index contributed by atoms with van der Waals surface area (Å²) in [7, 11) is 0. The van der Waals surface area contributed by atoms with Crippen molar-refractivity contribution in [2.45, 2.75) is 12.0 Å². The van der Waals surface area contributed by atoms with Crippen LogP contribution in [0, 0.1) is 0 Å². The highest BCUT2D eigenvalue weighted by atomic mass is 16.5. The summed E-state index contributed by atoms with van der Waals surface area (Å²) >= 11 is 0. The third kappa shape index (κ3) is 3.95. The van der Waals surface area contributed by atoms with Crippen LogP contribution >= 0.6 is 0 Å². The van der Waals surface area contributed by atoms with E-state index in [1.807, 2.05) is 24.3 Å². The van der Waals surface area contributed by atoms with Crippen molar-refractivity contribution in [1.82, 2.24) is 5.32 Å². The normalized spacial score (nSPS) is 13.6. The summed E-state index contributed by atoms with van der Waals surface area (Å²) in [5.74, 6) is 0.0430. The van der Waals surface area contributed by atoms with Crippen molar-refractivity contribution in [2.75, 3.05) is 26.4 Å². The van der Waals surface area contributed by atoms with Crippen LogP contribution in [0.2, 0.25) is 0 Å². The molecule has 26 heavy (non-hydrogen) atoms. The van der Waals surface area contributed by atoms with Gasteiger partial charge in [-0.15, -0.1) is 6.58 Å². The topological polar surface area (TPSA) is 73.6 Å². The quantitative estimate of drug-likeness (QED) is 0.566. The van der Waals surface area contributed by atoms with Crippen molar-refractivity contribution in [2.24, 2.45) is 5.73 Å². The van der Waals surface area contributed by atoms with Gasteiger partial charge >= 0.3 is 6.09 Å². The Balaban J connectivity index is 1.62. The second kappa shape index (κ2) is 8.65. The van der Waals surface area contributed by atoms with Crippen molar-refractivity contribution in [3.63, 3.8) is 0 Å². The van der Waals surface area contributed by atoms with Crippen molar-refractivity contribution < 1.29 is 14.3 Å². The van der Waals surface area contributed by atoms with Gasteiger partial charge < -0.3 is 20.5 Å². The van der Waals surface area contributed by atoms with E-state index in [1.165, 1.54) is 22.3 Å². The van der Waals surface area contributed by atoms with Crippen molar-refractivity contribution in [3.8, 4) is 11.1 Å². The zero-order chi connectivity index (χ0) is 18.4. The van der Waals surface area contributed by atoms with Gasteiger partial charge in [0.25, 0.3) is 0 Å². The molecule has 2 aromatic rings. The molecule has 0 aromatic heterocycles. The van der Waals surface area contributed by atoms with Gasteiger partial charge in [-0.25, -0.2) is 4.79 Å². The van der Waals surface area contributed by atoms with Crippen LogP contribution in [0.15, 0.2) is 61.2 Å². The van der Waals surface area contributed by atoms with E-state index < -0.39 is 6.09 Å². The van der Waals surface area contributed by atoms with Crippen LogP contribution < -0.4 is 11.1 Å². The molecule has 0 spiro atoms. The zero-order valence-electron chi connectivity index (χ0n) is 14.7. The fourth-order valence-corrected chi connectivity index (χ4v) is 3.27. The molecule has 0 saturated heterocycles. The number of amides is 1. The maximum Gasteiger partial charge on any atom is 0.407 e. The number of carbonyl (C=O) groups is 1. The molecule has 5 heteroatoms. The molecule has 0 bridgehead atoms. The van der Waals surface area contributed by atoms with E-state index in [0.717, 1.165) is 0 Å². The molecule has 1 aliphatic rings. The highest BCUT2D eigenvalue weighted by molar-refractivity contribution is 5.79. The predicted molar refractivity (Wildman–Crippen MR) is 102 cm³/mol. The van der Waals surface area contributed by atoms with Gasteiger partial charge in [0.1, 0.15) is 6.61 Å². The summed E-state index contributed by atoms with van der Waals surface area (Å²) in [6.07, 6.45) is 1.17. The van der Waals surface area contributed by atoms with Gasteiger partial charge in [-0.05, 0) is 22.3 Å². The molecule has 0 unspecified atom stereocenters. The number of fused-ring (bicyclic) bond motifs is 3. The SMILES string of the molecule is C=CCOC[C@H](CN)NC(=O)OCC1c2ccccc2-c2ccccc21. The molecule has 1 atom stereocenters. The molecule has 0 fully saturated rings. The van der Waals surface area contributed by atoms with E-state index >= 15 is 0 Å². The lowest BCUT2D eigenvalue weighted by Gasteiger charge is -2.18. The number of rotatable bonds is 8. The molecule has 1 aliphatic carbocycles. The Bertz CT molecular complexity index is 730. The molecular formula is C21H24N2O3.